The number of aromatic nitrogens is 2. The van der Waals surface area contributed by atoms with Gasteiger partial charge in [-0.15, -0.1) is 0 Å². The van der Waals surface area contributed by atoms with E-state index in [1.807, 2.05) is 0 Å². The van der Waals surface area contributed by atoms with Gasteiger partial charge >= 0.3 is 0 Å². The maximum atomic E-state index is 12.7. The molecule has 1 saturated heterocycles. The number of aryl methyl sites for hydroxylation is 1. The Labute approximate surface area is 151 Å². The van der Waals surface area contributed by atoms with Crippen LogP contribution in [0.1, 0.15) is 12.8 Å². The van der Waals surface area contributed by atoms with Crippen molar-refractivity contribution in [3.63, 3.8) is 0 Å². The zero-order valence-corrected chi connectivity index (χ0v) is 15.3. The summed E-state index contributed by atoms with van der Waals surface area (Å²) >= 11 is 5.83. The van der Waals surface area contributed by atoms with E-state index in [0.29, 0.717) is 30.1 Å². The van der Waals surface area contributed by atoms with Crippen molar-refractivity contribution in [1.82, 2.24) is 14.1 Å². The number of hydrogen-bond donors (Lipinski definition) is 1. The van der Waals surface area contributed by atoms with Crippen LogP contribution in [-0.2, 0) is 21.9 Å². The van der Waals surface area contributed by atoms with Crippen LogP contribution < -0.4 is 5.32 Å². The molecule has 1 aliphatic rings. The van der Waals surface area contributed by atoms with Crippen molar-refractivity contribution in [2.75, 3.05) is 18.4 Å². The third kappa shape index (κ3) is 4.02. The molecule has 134 valence electrons. The Morgan fingerprint density at radius 3 is 2.68 bits per heavy atom. The Kier molecular flexibility index (Phi) is 5.12. The topological polar surface area (TPSA) is 84.3 Å². The summed E-state index contributed by atoms with van der Waals surface area (Å²) in [5, 5.41) is 7.32. The lowest BCUT2D eigenvalue weighted by Crippen LogP contribution is -2.43. The summed E-state index contributed by atoms with van der Waals surface area (Å²) in [5.74, 6) is -0.579. The number of carbonyl (C=O) groups is 1. The number of hydrogen-bond acceptors (Lipinski definition) is 4. The third-order valence-electron chi connectivity index (χ3n) is 4.19. The van der Waals surface area contributed by atoms with Gasteiger partial charge in [0.1, 0.15) is 4.90 Å². The second-order valence-electron chi connectivity index (χ2n) is 6.05. The number of rotatable bonds is 4. The van der Waals surface area contributed by atoms with Crippen LogP contribution in [-0.4, -0.2) is 41.5 Å². The smallest absolute Gasteiger partial charge is 0.246 e. The average molecular weight is 383 g/mol. The predicted octanol–water partition coefficient (Wildman–Crippen LogP) is 2.11. The molecule has 0 saturated carbocycles. The highest BCUT2D eigenvalue weighted by molar-refractivity contribution is 7.89. The quantitative estimate of drug-likeness (QED) is 0.877. The normalized spacial score (nSPS) is 18.9. The molecule has 2 heterocycles. The predicted molar refractivity (Wildman–Crippen MR) is 94.8 cm³/mol. The Bertz CT molecular complexity index is 864. The Hall–Kier alpha value is -1.90. The van der Waals surface area contributed by atoms with Crippen LogP contribution in [0.2, 0.25) is 5.02 Å². The summed E-state index contributed by atoms with van der Waals surface area (Å²) < 4.78 is 28.2. The molecule has 0 spiro atoms. The van der Waals surface area contributed by atoms with E-state index in [1.54, 1.807) is 31.3 Å². The van der Waals surface area contributed by atoms with Crippen molar-refractivity contribution in [2.45, 2.75) is 17.7 Å². The van der Waals surface area contributed by atoms with Crippen molar-refractivity contribution in [3.05, 3.63) is 41.7 Å². The molecule has 25 heavy (non-hydrogen) atoms. The fraction of sp³-hybridized carbons (Fsp3) is 0.375. The van der Waals surface area contributed by atoms with E-state index in [9.17, 15) is 13.2 Å². The van der Waals surface area contributed by atoms with Crippen LogP contribution in [0, 0.1) is 5.92 Å². The number of halogens is 1. The van der Waals surface area contributed by atoms with Gasteiger partial charge in [-0.05, 0) is 37.1 Å². The molecule has 0 aliphatic carbocycles. The van der Waals surface area contributed by atoms with Gasteiger partial charge in [0.25, 0.3) is 0 Å². The third-order valence-corrected chi connectivity index (χ3v) is 6.26. The van der Waals surface area contributed by atoms with E-state index in [0.717, 1.165) is 0 Å². The summed E-state index contributed by atoms with van der Waals surface area (Å²) in [7, 11) is -1.97. The number of carbonyl (C=O) groups excluding carboxylic acids is 1. The Balaban J connectivity index is 1.70. The maximum Gasteiger partial charge on any atom is 0.246 e. The lowest BCUT2D eigenvalue weighted by molar-refractivity contribution is -0.120. The molecule has 1 aliphatic heterocycles. The van der Waals surface area contributed by atoms with E-state index < -0.39 is 15.9 Å². The molecular formula is C16H19ClN4O3S. The van der Waals surface area contributed by atoms with Crippen LogP contribution in [0.25, 0.3) is 0 Å². The molecule has 3 rings (SSSR count). The fourth-order valence-electron chi connectivity index (χ4n) is 2.83. The molecule has 7 nitrogen and oxygen atoms in total. The van der Waals surface area contributed by atoms with Crippen LogP contribution in [0.15, 0.2) is 41.6 Å². The second-order valence-corrected chi connectivity index (χ2v) is 8.42. The second kappa shape index (κ2) is 7.15. The molecule has 0 radical (unpaired) electrons. The number of nitrogens with zero attached hydrogens (tertiary/aromatic N) is 3. The largest absolute Gasteiger partial charge is 0.326 e. The van der Waals surface area contributed by atoms with E-state index in [4.69, 9.17) is 11.6 Å². The number of sulfonamides is 1. The molecule has 9 heteroatoms. The molecule has 1 amide bonds. The molecule has 1 atom stereocenters. The summed E-state index contributed by atoms with van der Waals surface area (Å²) in [6, 6.07) is 6.81. The fourth-order valence-corrected chi connectivity index (χ4v) is 4.47. The highest BCUT2D eigenvalue weighted by Crippen LogP contribution is 2.24. The molecular weight excluding hydrogens is 364 g/mol. The van der Waals surface area contributed by atoms with Gasteiger partial charge in [-0.1, -0.05) is 11.6 Å². The monoisotopic (exact) mass is 382 g/mol. The van der Waals surface area contributed by atoms with Gasteiger partial charge in [-0.2, -0.15) is 9.40 Å². The number of amides is 1. The van der Waals surface area contributed by atoms with Gasteiger partial charge in [0.2, 0.25) is 15.9 Å². The molecule has 1 aromatic carbocycles. The number of benzene rings is 1. The molecule has 2 aromatic rings. The van der Waals surface area contributed by atoms with Crippen LogP contribution in [0.4, 0.5) is 5.69 Å². The molecule has 1 aromatic heterocycles. The van der Waals surface area contributed by atoms with E-state index in [2.05, 4.69) is 10.4 Å². The first-order chi connectivity index (χ1) is 11.9. The van der Waals surface area contributed by atoms with E-state index >= 15 is 0 Å². The minimum Gasteiger partial charge on any atom is -0.326 e. The van der Waals surface area contributed by atoms with Gasteiger partial charge < -0.3 is 5.32 Å². The highest BCUT2D eigenvalue weighted by atomic mass is 35.5. The van der Waals surface area contributed by atoms with Gasteiger partial charge in [0.05, 0.1) is 12.1 Å². The summed E-state index contributed by atoms with van der Waals surface area (Å²) in [6.45, 7) is 0.568. The summed E-state index contributed by atoms with van der Waals surface area (Å²) in [6.07, 6.45) is 4.08. The molecule has 1 fully saturated rings. The van der Waals surface area contributed by atoms with Gasteiger partial charge in [-0.3, -0.25) is 9.48 Å². The first-order valence-corrected chi connectivity index (χ1v) is 9.73. The van der Waals surface area contributed by atoms with Gasteiger partial charge in [-0.25, -0.2) is 8.42 Å². The van der Waals surface area contributed by atoms with Crippen molar-refractivity contribution >= 4 is 33.2 Å². The number of nitrogens with one attached hydrogen (secondary N) is 1. The SMILES string of the molecule is Cn1cc(S(=O)(=O)N2CCCC(C(=O)Nc3ccc(Cl)cc3)C2)cn1. The molecule has 0 bridgehead atoms. The van der Waals surface area contributed by atoms with Crippen LogP contribution in [0.5, 0.6) is 0 Å². The van der Waals surface area contributed by atoms with Gasteiger partial charge in [0, 0.05) is 37.0 Å². The van der Waals surface area contributed by atoms with Crippen molar-refractivity contribution in [1.29, 1.82) is 0 Å². The minimum atomic E-state index is -3.63. The minimum absolute atomic E-state index is 0.147. The standard InChI is InChI=1S/C16H19ClN4O3S/c1-20-11-15(9-18-20)25(23,24)21-8-2-3-12(10-21)16(22)19-14-6-4-13(17)5-7-14/h4-7,9,11-12H,2-3,8,10H2,1H3,(H,19,22). The van der Waals surface area contributed by atoms with Crippen molar-refractivity contribution < 1.29 is 13.2 Å². The first-order valence-electron chi connectivity index (χ1n) is 7.91. The summed E-state index contributed by atoms with van der Waals surface area (Å²) in [5.41, 5.74) is 0.640. The van der Waals surface area contributed by atoms with Crippen LogP contribution >= 0.6 is 11.6 Å². The lowest BCUT2D eigenvalue weighted by atomic mass is 9.99. The average Bonchev–Trinajstić information content (AvgIpc) is 3.04. The maximum absolute atomic E-state index is 12.7. The zero-order chi connectivity index (χ0) is 18.0. The number of anilines is 1. The molecule has 1 N–H and O–H groups in total. The van der Waals surface area contributed by atoms with Crippen LogP contribution in [0.3, 0.4) is 0 Å². The van der Waals surface area contributed by atoms with Gasteiger partial charge in [0.15, 0.2) is 0 Å². The first kappa shape index (κ1) is 17.9. The zero-order valence-electron chi connectivity index (χ0n) is 13.7. The van der Waals surface area contributed by atoms with E-state index in [-0.39, 0.29) is 17.3 Å². The van der Waals surface area contributed by atoms with Crippen molar-refractivity contribution in [3.8, 4) is 0 Å². The van der Waals surface area contributed by atoms with Crippen molar-refractivity contribution in [2.24, 2.45) is 13.0 Å². The number of piperidine rings is 1. The lowest BCUT2D eigenvalue weighted by Gasteiger charge is -2.30. The Morgan fingerprint density at radius 2 is 2.04 bits per heavy atom. The Morgan fingerprint density at radius 1 is 1.32 bits per heavy atom. The van der Waals surface area contributed by atoms with E-state index in [1.165, 1.54) is 21.4 Å². The highest BCUT2D eigenvalue weighted by Gasteiger charge is 2.33. The summed E-state index contributed by atoms with van der Waals surface area (Å²) in [4.78, 5) is 12.6. The molecule has 1 unspecified atom stereocenters.